The maximum atomic E-state index is 13.4. The average molecular weight is 436 g/mol. The summed E-state index contributed by atoms with van der Waals surface area (Å²) in [6, 6.07) is 15.1. The monoisotopic (exact) mass is 435 g/mol. The van der Waals surface area contributed by atoms with Gasteiger partial charge < -0.3 is 15.0 Å². The number of nitrogens with one attached hydrogen (secondary N) is 1. The summed E-state index contributed by atoms with van der Waals surface area (Å²) < 4.78 is 5.19. The van der Waals surface area contributed by atoms with E-state index in [0.29, 0.717) is 37.7 Å². The van der Waals surface area contributed by atoms with Crippen LogP contribution in [-0.2, 0) is 4.79 Å². The molecule has 0 radical (unpaired) electrons. The summed E-state index contributed by atoms with van der Waals surface area (Å²) in [7, 11) is 1.62. The van der Waals surface area contributed by atoms with Gasteiger partial charge in [-0.15, -0.1) is 0 Å². The fourth-order valence-corrected chi connectivity index (χ4v) is 5.01. The maximum absolute atomic E-state index is 13.4. The van der Waals surface area contributed by atoms with E-state index in [2.05, 4.69) is 10.2 Å². The van der Waals surface area contributed by atoms with Crippen LogP contribution in [0.5, 0.6) is 5.75 Å². The number of methoxy groups -OCH3 is 1. The highest BCUT2D eigenvalue weighted by molar-refractivity contribution is 5.96. The van der Waals surface area contributed by atoms with Crippen LogP contribution in [-0.4, -0.2) is 60.9 Å². The molecule has 1 aliphatic heterocycles. The Morgan fingerprint density at radius 2 is 1.69 bits per heavy atom. The molecule has 2 aromatic carbocycles. The van der Waals surface area contributed by atoms with Crippen molar-refractivity contribution >= 4 is 17.5 Å². The van der Waals surface area contributed by atoms with E-state index in [-0.39, 0.29) is 17.9 Å². The molecule has 1 unspecified atom stereocenters. The van der Waals surface area contributed by atoms with Crippen LogP contribution in [0.2, 0.25) is 0 Å². The third kappa shape index (κ3) is 5.13. The number of nitrogens with zero attached hydrogens (tertiary/aromatic N) is 2. The van der Waals surface area contributed by atoms with Crippen LogP contribution >= 0.6 is 0 Å². The minimum absolute atomic E-state index is 0.0360. The molecule has 6 nitrogen and oxygen atoms in total. The number of carbonyl (C=O) groups is 2. The van der Waals surface area contributed by atoms with Crippen LogP contribution in [0.4, 0.5) is 5.69 Å². The molecule has 2 fully saturated rings. The third-order valence-corrected chi connectivity index (χ3v) is 6.73. The van der Waals surface area contributed by atoms with Gasteiger partial charge in [0.2, 0.25) is 5.91 Å². The standard InChI is InChI=1S/C26H33N3O3/c1-19-6-5-9-22(18-19)27-25(30)24(20-7-3-4-8-20)28-14-16-29(17-15-28)26(31)21-10-12-23(32-2)13-11-21/h5-6,9-13,18,20,24H,3-4,7-8,14-17H2,1-2H3,(H,27,30). The van der Waals surface area contributed by atoms with Crippen LogP contribution in [0.1, 0.15) is 41.6 Å². The smallest absolute Gasteiger partial charge is 0.253 e. The zero-order valence-electron chi connectivity index (χ0n) is 19.0. The Bertz CT molecular complexity index is 930. The van der Waals surface area contributed by atoms with Crippen molar-refractivity contribution in [1.29, 1.82) is 0 Å². The first kappa shape index (κ1) is 22.3. The Labute approximate surface area is 190 Å². The molecule has 1 saturated carbocycles. The molecule has 32 heavy (non-hydrogen) atoms. The van der Waals surface area contributed by atoms with Crippen molar-refractivity contribution in [3.05, 3.63) is 59.7 Å². The first-order chi connectivity index (χ1) is 15.5. The van der Waals surface area contributed by atoms with E-state index < -0.39 is 0 Å². The zero-order chi connectivity index (χ0) is 22.5. The third-order valence-electron chi connectivity index (χ3n) is 6.73. The normalized spacial score (nSPS) is 18.4. The Kier molecular flexibility index (Phi) is 7.10. The van der Waals surface area contributed by atoms with E-state index >= 15 is 0 Å². The molecule has 1 heterocycles. The van der Waals surface area contributed by atoms with E-state index in [1.165, 1.54) is 12.8 Å². The van der Waals surface area contributed by atoms with Gasteiger partial charge in [0.1, 0.15) is 5.75 Å². The van der Waals surface area contributed by atoms with E-state index in [0.717, 1.165) is 29.8 Å². The molecule has 2 aliphatic rings. The van der Waals surface area contributed by atoms with Gasteiger partial charge in [0, 0.05) is 37.4 Å². The average Bonchev–Trinajstić information content (AvgIpc) is 3.33. The van der Waals surface area contributed by atoms with E-state index in [9.17, 15) is 9.59 Å². The predicted octanol–water partition coefficient (Wildman–Crippen LogP) is 3.96. The number of hydrogen-bond acceptors (Lipinski definition) is 4. The van der Waals surface area contributed by atoms with Crippen LogP contribution in [0.15, 0.2) is 48.5 Å². The highest BCUT2D eigenvalue weighted by Crippen LogP contribution is 2.32. The van der Waals surface area contributed by atoms with Gasteiger partial charge >= 0.3 is 0 Å². The zero-order valence-corrected chi connectivity index (χ0v) is 19.0. The second kappa shape index (κ2) is 10.2. The molecular formula is C26H33N3O3. The topological polar surface area (TPSA) is 61.9 Å². The number of benzene rings is 2. The van der Waals surface area contributed by atoms with Gasteiger partial charge in [-0.2, -0.15) is 0 Å². The fraction of sp³-hybridized carbons (Fsp3) is 0.462. The number of ether oxygens (including phenoxy) is 1. The van der Waals surface area contributed by atoms with Crippen molar-refractivity contribution in [2.24, 2.45) is 5.92 Å². The van der Waals surface area contributed by atoms with Crippen molar-refractivity contribution in [1.82, 2.24) is 9.80 Å². The van der Waals surface area contributed by atoms with Crippen molar-refractivity contribution in [3.8, 4) is 5.75 Å². The highest BCUT2D eigenvalue weighted by Gasteiger charge is 2.37. The fourth-order valence-electron chi connectivity index (χ4n) is 5.01. The molecule has 0 aromatic heterocycles. The van der Waals surface area contributed by atoms with Crippen LogP contribution in [0.3, 0.4) is 0 Å². The summed E-state index contributed by atoms with van der Waals surface area (Å²) in [4.78, 5) is 30.5. The van der Waals surface area contributed by atoms with Gasteiger partial charge in [-0.1, -0.05) is 25.0 Å². The number of rotatable bonds is 6. The Hall–Kier alpha value is -2.86. The SMILES string of the molecule is COc1ccc(C(=O)N2CCN(C(C(=O)Nc3cccc(C)c3)C3CCCC3)CC2)cc1. The lowest BCUT2D eigenvalue weighted by molar-refractivity contribution is -0.123. The molecule has 170 valence electrons. The summed E-state index contributed by atoms with van der Waals surface area (Å²) in [5, 5.41) is 3.15. The van der Waals surface area contributed by atoms with Crippen molar-refractivity contribution in [2.75, 3.05) is 38.6 Å². The van der Waals surface area contributed by atoms with Crippen molar-refractivity contribution < 1.29 is 14.3 Å². The van der Waals surface area contributed by atoms with Crippen LogP contribution in [0, 0.1) is 12.8 Å². The number of carbonyl (C=O) groups excluding carboxylic acids is 2. The maximum Gasteiger partial charge on any atom is 0.253 e. The first-order valence-electron chi connectivity index (χ1n) is 11.6. The molecule has 1 N–H and O–H groups in total. The highest BCUT2D eigenvalue weighted by atomic mass is 16.5. The van der Waals surface area contributed by atoms with E-state index in [1.807, 2.05) is 60.4 Å². The van der Waals surface area contributed by atoms with Crippen molar-refractivity contribution in [2.45, 2.75) is 38.6 Å². The molecule has 1 atom stereocenters. The number of hydrogen-bond donors (Lipinski definition) is 1. The Balaban J connectivity index is 1.41. The summed E-state index contributed by atoms with van der Waals surface area (Å²) in [5.41, 5.74) is 2.65. The lowest BCUT2D eigenvalue weighted by Gasteiger charge is -2.40. The molecule has 0 spiro atoms. The first-order valence-corrected chi connectivity index (χ1v) is 11.6. The van der Waals surface area contributed by atoms with Gasteiger partial charge in [0.25, 0.3) is 5.91 Å². The molecule has 1 aliphatic carbocycles. The van der Waals surface area contributed by atoms with Gasteiger partial charge in [0.15, 0.2) is 0 Å². The summed E-state index contributed by atoms with van der Waals surface area (Å²) in [6.45, 7) is 4.72. The van der Waals surface area contributed by atoms with Gasteiger partial charge in [-0.05, 0) is 67.6 Å². The minimum Gasteiger partial charge on any atom is -0.497 e. The molecule has 2 aromatic rings. The number of anilines is 1. The van der Waals surface area contributed by atoms with E-state index in [1.54, 1.807) is 7.11 Å². The second-order valence-corrected chi connectivity index (χ2v) is 8.90. The lowest BCUT2D eigenvalue weighted by Crippen LogP contribution is -2.56. The van der Waals surface area contributed by atoms with Crippen LogP contribution in [0.25, 0.3) is 0 Å². The lowest BCUT2D eigenvalue weighted by atomic mass is 9.94. The summed E-state index contributed by atoms with van der Waals surface area (Å²) >= 11 is 0. The number of amides is 2. The van der Waals surface area contributed by atoms with E-state index in [4.69, 9.17) is 4.74 Å². The predicted molar refractivity (Wildman–Crippen MR) is 126 cm³/mol. The summed E-state index contributed by atoms with van der Waals surface area (Å²) in [6.07, 6.45) is 4.57. The second-order valence-electron chi connectivity index (χ2n) is 8.90. The van der Waals surface area contributed by atoms with Gasteiger partial charge in [-0.25, -0.2) is 0 Å². The molecule has 4 rings (SSSR count). The number of piperazine rings is 1. The Morgan fingerprint density at radius 1 is 1.00 bits per heavy atom. The molecule has 2 amide bonds. The summed E-state index contributed by atoms with van der Waals surface area (Å²) in [5.74, 6) is 1.24. The van der Waals surface area contributed by atoms with Gasteiger partial charge in [-0.3, -0.25) is 14.5 Å². The minimum atomic E-state index is -0.142. The van der Waals surface area contributed by atoms with Crippen molar-refractivity contribution in [3.63, 3.8) is 0 Å². The quantitative estimate of drug-likeness (QED) is 0.746. The molecular weight excluding hydrogens is 402 g/mol. The Morgan fingerprint density at radius 3 is 2.31 bits per heavy atom. The molecule has 0 bridgehead atoms. The van der Waals surface area contributed by atoms with Gasteiger partial charge in [0.05, 0.1) is 13.2 Å². The van der Waals surface area contributed by atoms with Crippen LogP contribution < -0.4 is 10.1 Å². The number of aryl methyl sites for hydroxylation is 1. The molecule has 1 saturated heterocycles. The largest absolute Gasteiger partial charge is 0.497 e. The molecule has 6 heteroatoms.